The minimum atomic E-state index is -0.398. The predicted molar refractivity (Wildman–Crippen MR) is 129 cm³/mol. The van der Waals surface area contributed by atoms with Gasteiger partial charge >= 0.3 is 17.9 Å². The normalized spacial score (nSPS) is 11.3. The molecule has 0 amide bonds. The van der Waals surface area contributed by atoms with Crippen LogP contribution in [0.3, 0.4) is 0 Å². The van der Waals surface area contributed by atoms with Crippen LogP contribution in [0, 0.1) is 0 Å². The summed E-state index contributed by atoms with van der Waals surface area (Å²) in [5, 5.41) is 0. The summed E-state index contributed by atoms with van der Waals surface area (Å²) < 4.78 is 15.7. The van der Waals surface area contributed by atoms with Crippen LogP contribution in [0.5, 0.6) is 17.2 Å². The lowest BCUT2D eigenvalue weighted by atomic mass is 9.88. The minimum Gasteiger partial charge on any atom is -0.427 e. The number of benzene rings is 3. The lowest BCUT2D eigenvalue weighted by molar-refractivity contribution is -0.132. The molecule has 3 rings (SSSR count). The van der Waals surface area contributed by atoms with E-state index in [1.807, 2.05) is 42.5 Å². The molecule has 0 fully saturated rings. The smallest absolute Gasteiger partial charge is 0.308 e. The van der Waals surface area contributed by atoms with Crippen LogP contribution in [-0.4, -0.2) is 17.9 Å². The number of rotatable bonds is 7. The Hall–Kier alpha value is -4.19. The topological polar surface area (TPSA) is 78.9 Å². The fraction of sp³-hybridized carbons (Fsp3) is 0.179. The summed E-state index contributed by atoms with van der Waals surface area (Å²) in [5.74, 6) is 0.198. The maximum atomic E-state index is 11.5. The van der Waals surface area contributed by atoms with E-state index in [-0.39, 0.29) is 11.9 Å². The van der Waals surface area contributed by atoms with E-state index in [0.29, 0.717) is 23.7 Å². The average Bonchev–Trinajstić information content (AvgIpc) is 2.78. The zero-order valence-corrected chi connectivity index (χ0v) is 19.6. The first kappa shape index (κ1) is 24.5. The van der Waals surface area contributed by atoms with Crippen LogP contribution in [-0.2, 0) is 14.4 Å². The average molecular weight is 459 g/mol. The highest BCUT2D eigenvalue weighted by Gasteiger charge is 2.15. The number of carbonyl (C=O) groups is 3. The van der Waals surface area contributed by atoms with Crippen molar-refractivity contribution in [2.45, 2.75) is 34.1 Å². The molecule has 6 nitrogen and oxygen atoms in total. The van der Waals surface area contributed by atoms with Crippen molar-refractivity contribution in [1.29, 1.82) is 0 Å². The van der Waals surface area contributed by atoms with Gasteiger partial charge < -0.3 is 14.2 Å². The molecule has 0 aromatic heterocycles. The molecule has 0 aliphatic heterocycles. The monoisotopic (exact) mass is 458 g/mol. The predicted octanol–water partition coefficient (Wildman–Crippen LogP) is 5.83. The Labute approximate surface area is 198 Å². The van der Waals surface area contributed by atoms with E-state index in [9.17, 15) is 14.4 Å². The highest BCUT2D eigenvalue weighted by Crippen LogP contribution is 2.36. The van der Waals surface area contributed by atoms with Gasteiger partial charge in [0.2, 0.25) is 0 Å². The molecule has 0 saturated carbocycles. The summed E-state index contributed by atoms with van der Waals surface area (Å²) in [7, 11) is 0. The number of allylic oxidation sites excluding steroid dienone is 1. The fourth-order valence-electron chi connectivity index (χ4n) is 3.67. The Balaban J connectivity index is 2.16. The highest BCUT2D eigenvalue weighted by molar-refractivity contribution is 5.99. The quantitative estimate of drug-likeness (QED) is 0.252. The molecule has 0 aliphatic carbocycles. The van der Waals surface area contributed by atoms with Gasteiger partial charge in [-0.2, -0.15) is 0 Å². The van der Waals surface area contributed by atoms with Crippen LogP contribution < -0.4 is 14.2 Å². The number of carbonyl (C=O) groups excluding carboxylic acids is 3. The van der Waals surface area contributed by atoms with Crippen LogP contribution in [0.25, 0.3) is 11.1 Å². The molecule has 3 aromatic carbocycles. The Kier molecular flexibility index (Phi) is 7.98. The number of esters is 3. The number of hydrogen-bond acceptors (Lipinski definition) is 6. The Morgan fingerprint density at radius 2 is 1.06 bits per heavy atom. The van der Waals surface area contributed by atoms with Crippen molar-refractivity contribution < 1.29 is 28.6 Å². The number of hydrogen-bond donors (Lipinski definition) is 0. The maximum Gasteiger partial charge on any atom is 0.308 e. The van der Waals surface area contributed by atoms with Crippen molar-refractivity contribution in [2.75, 3.05) is 0 Å². The molecule has 174 valence electrons. The Morgan fingerprint density at radius 1 is 0.588 bits per heavy atom. The van der Waals surface area contributed by atoms with Gasteiger partial charge in [0.05, 0.1) is 0 Å². The molecular formula is C28H26O6. The molecule has 0 bridgehead atoms. The van der Waals surface area contributed by atoms with Gasteiger partial charge in [0.25, 0.3) is 0 Å². The molecule has 0 unspecified atom stereocenters. The van der Waals surface area contributed by atoms with Gasteiger partial charge in [-0.05, 0) is 70.7 Å². The second kappa shape index (κ2) is 11.1. The van der Waals surface area contributed by atoms with Gasteiger partial charge in [-0.3, -0.25) is 14.4 Å². The lowest BCUT2D eigenvalue weighted by Crippen LogP contribution is -2.03. The van der Waals surface area contributed by atoms with Gasteiger partial charge in [-0.15, -0.1) is 0 Å². The second-order valence-corrected chi connectivity index (χ2v) is 7.56. The standard InChI is InChI=1S/C28H26O6/c1-5-27(21-9-13-24(14-10-21)32-18(2)29)28(22-11-15-25(16-12-22)33-19(3)30)23-7-6-8-26(17-23)34-20(4)31/h6-17H,5H2,1-4H3/b28-27-. The molecule has 0 N–H and O–H groups in total. The molecule has 6 heteroatoms. The summed E-state index contributed by atoms with van der Waals surface area (Å²) in [4.78, 5) is 34.1. The van der Waals surface area contributed by atoms with Crippen LogP contribution in [0.2, 0.25) is 0 Å². The second-order valence-electron chi connectivity index (χ2n) is 7.56. The van der Waals surface area contributed by atoms with E-state index in [1.54, 1.807) is 30.3 Å². The fourth-order valence-corrected chi connectivity index (χ4v) is 3.67. The van der Waals surface area contributed by atoms with Crippen LogP contribution in [0.1, 0.15) is 50.8 Å². The van der Waals surface area contributed by atoms with Gasteiger partial charge in [-0.25, -0.2) is 0 Å². The highest BCUT2D eigenvalue weighted by atomic mass is 16.5. The molecule has 0 spiro atoms. The summed E-state index contributed by atoms with van der Waals surface area (Å²) in [6, 6.07) is 21.9. The third-order valence-corrected chi connectivity index (χ3v) is 4.91. The van der Waals surface area contributed by atoms with Crippen molar-refractivity contribution in [3.05, 3.63) is 89.5 Å². The van der Waals surface area contributed by atoms with Gasteiger partial charge in [0, 0.05) is 20.8 Å². The van der Waals surface area contributed by atoms with E-state index in [1.165, 1.54) is 20.8 Å². The third kappa shape index (κ3) is 6.42. The van der Waals surface area contributed by atoms with Crippen molar-refractivity contribution >= 4 is 29.1 Å². The molecule has 0 aliphatic rings. The first-order valence-electron chi connectivity index (χ1n) is 10.9. The zero-order valence-electron chi connectivity index (χ0n) is 19.6. The van der Waals surface area contributed by atoms with Crippen LogP contribution in [0.15, 0.2) is 72.8 Å². The molecule has 0 saturated heterocycles. The third-order valence-electron chi connectivity index (χ3n) is 4.91. The minimum absolute atomic E-state index is 0.380. The Morgan fingerprint density at radius 3 is 1.53 bits per heavy atom. The molecule has 0 heterocycles. The van der Waals surface area contributed by atoms with E-state index in [4.69, 9.17) is 14.2 Å². The van der Waals surface area contributed by atoms with Crippen molar-refractivity contribution in [1.82, 2.24) is 0 Å². The van der Waals surface area contributed by atoms with Crippen LogP contribution >= 0.6 is 0 Å². The molecule has 3 aromatic rings. The zero-order chi connectivity index (χ0) is 24.7. The first-order valence-corrected chi connectivity index (χ1v) is 10.9. The Bertz CT molecular complexity index is 1220. The van der Waals surface area contributed by atoms with Crippen molar-refractivity contribution in [3.8, 4) is 17.2 Å². The van der Waals surface area contributed by atoms with E-state index in [2.05, 4.69) is 6.92 Å². The number of ether oxygens (including phenoxy) is 3. The van der Waals surface area contributed by atoms with Crippen LogP contribution in [0.4, 0.5) is 0 Å². The first-order chi connectivity index (χ1) is 16.3. The lowest BCUT2D eigenvalue weighted by Gasteiger charge is -2.17. The SMILES string of the molecule is CC/C(=C(\c1ccc(OC(C)=O)cc1)c1cccc(OC(C)=O)c1)c1ccc(OC(C)=O)cc1. The largest absolute Gasteiger partial charge is 0.427 e. The van der Waals surface area contributed by atoms with E-state index >= 15 is 0 Å². The molecule has 0 radical (unpaired) electrons. The van der Waals surface area contributed by atoms with Gasteiger partial charge in [0.15, 0.2) is 0 Å². The van der Waals surface area contributed by atoms with Gasteiger partial charge in [0.1, 0.15) is 17.2 Å². The van der Waals surface area contributed by atoms with Crippen molar-refractivity contribution in [2.24, 2.45) is 0 Å². The molecular weight excluding hydrogens is 432 g/mol. The van der Waals surface area contributed by atoms with E-state index < -0.39 is 5.97 Å². The van der Waals surface area contributed by atoms with E-state index in [0.717, 1.165) is 27.8 Å². The van der Waals surface area contributed by atoms with Gasteiger partial charge in [-0.1, -0.05) is 43.3 Å². The molecule has 0 atom stereocenters. The maximum absolute atomic E-state index is 11.5. The summed E-state index contributed by atoms with van der Waals surface area (Å²) in [5.41, 5.74) is 4.69. The summed E-state index contributed by atoms with van der Waals surface area (Å²) in [6.45, 7) is 6.13. The summed E-state index contributed by atoms with van der Waals surface area (Å²) >= 11 is 0. The summed E-state index contributed by atoms with van der Waals surface area (Å²) in [6.07, 6.45) is 0.700. The molecule has 34 heavy (non-hydrogen) atoms. The van der Waals surface area contributed by atoms with Crippen molar-refractivity contribution in [3.63, 3.8) is 0 Å².